The Bertz CT molecular complexity index is 882. The number of amides is 1. The van der Waals surface area contributed by atoms with E-state index in [-0.39, 0.29) is 29.8 Å². The minimum atomic E-state index is -3.36. The van der Waals surface area contributed by atoms with E-state index in [1.54, 1.807) is 23.4 Å². The van der Waals surface area contributed by atoms with Crippen molar-refractivity contribution in [2.45, 2.75) is 32.2 Å². The van der Waals surface area contributed by atoms with Crippen molar-refractivity contribution in [3.05, 3.63) is 47.1 Å². The Labute approximate surface area is 169 Å². The fourth-order valence-corrected chi connectivity index (χ4v) is 4.80. The highest BCUT2D eigenvalue weighted by molar-refractivity contribution is 7.89. The van der Waals surface area contributed by atoms with Gasteiger partial charge < -0.3 is 9.42 Å². The first-order valence-corrected chi connectivity index (χ1v) is 11.2. The fraction of sp³-hybridized carbons (Fsp3) is 0.500. The number of aryl methyl sites for hydroxylation is 1. The molecule has 0 aromatic carbocycles. The van der Waals surface area contributed by atoms with E-state index in [9.17, 15) is 13.2 Å². The molecule has 1 saturated heterocycles. The van der Waals surface area contributed by atoms with Crippen molar-refractivity contribution >= 4 is 27.5 Å². The predicted octanol–water partition coefficient (Wildman–Crippen LogP) is 2.11. The van der Waals surface area contributed by atoms with Gasteiger partial charge in [-0.1, -0.05) is 16.8 Å². The summed E-state index contributed by atoms with van der Waals surface area (Å²) < 4.78 is 31.6. The van der Waals surface area contributed by atoms with Crippen LogP contribution < -0.4 is 0 Å². The van der Waals surface area contributed by atoms with E-state index in [1.807, 2.05) is 12.1 Å². The van der Waals surface area contributed by atoms with Crippen LogP contribution in [-0.2, 0) is 27.8 Å². The zero-order valence-electron chi connectivity index (χ0n) is 15.5. The van der Waals surface area contributed by atoms with E-state index in [2.05, 4.69) is 10.1 Å². The van der Waals surface area contributed by atoms with Gasteiger partial charge in [0.1, 0.15) is 5.76 Å². The van der Waals surface area contributed by atoms with Crippen LogP contribution in [0.25, 0.3) is 0 Å². The fourth-order valence-electron chi connectivity index (χ4n) is 3.12. The first kappa shape index (κ1) is 20.8. The standard InChI is InChI=1S/C18H23ClN4O4S/c19-17-13-16(27-21-17)3-4-18(24)22(14-15-5-7-20-8-6-15)11-12-28(25,26)23-9-1-2-10-23/h5-8,13H,1-4,9-12,14H2. The molecular formula is C18H23ClN4O4S. The van der Waals surface area contributed by atoms with Gasteiger partial charge >= 0.3 is 0 Å². The quantitative estimate of drug-likeness (QED) is 0.609. The van der Waals surface area contributed by atoms with Crippen molar-refractivity contribution in [1.82, 2.24) is 19.3 Å². The van der Waals surface area contributed by atoms with E-state index < -0.39 is 10.0 Å². The summed E-state index contributed by atoms with van der Waals surface area (Å²) in [6, 6.07) is 5.19. The summed E-state index contributed by atoms with van der Waals surface area (Å²) in [5, 5.41) is 3.84. The number of hydrogen-bond acceptors (Lipinski definition) is 6. The molecule has 152 valence electrons. The van der Waals surface area contributed by atoms with Crippen molar-refractivity contribution < 1.29 is 17.7 Å². The summed E-state index contributed by atoms with van der Waals surface area (Å²) in [6.45, 7) is 1.59. The van der Waals surface area contributed by atoms with Crippen molar-refractivity contribution in [3.8, 4) is 0 Å². The topological polar surface area (TPSA) is 96.6 Å². The molecule has 0 spiro atoms. The molecular weight excluding hydrogens is 404 g/mol. The predicted molar refractivity (Wildman–Crippen MR) is 104 cm³/mol. The average Bonchev–Trinajstić information content (AvgIpc) is 3.36. The molecule has 3 heterocycles. The first-order chi connectivity index (χ1) is 13.4. The number of pyridine rings is 1. The van der Waals surface area contributed by atoms with Crippen LogP contribution in [0, 0.1) is 0 Å². The maximum atomic E-state index is 12.8. The molecule has 0 N–H and O–H groups in total. The number of carbonyl (C=O) groups is 1. The molecule has 1 amide bonds. The van der Waals surface area contributed by atoms with Crippen molar-refractivity contribution in [2.75, 3.05) is 25.4 Å². The summed E-state index contributed by atoms with van der Waals surface area (Å²) >= 11 is 5.73. The summed E-state index contributed by atoms with van der Waals surface area (Å²) in [5.74, 6) is 0.283. The molecule has 0 bridgehead atoms. The number of hydrogen-bond donors (Lipinski definition) is 0. The smallest absolute Gasteiger partial charge is 0.223 e. The molecule has 0 aliphatic carbocycles. The summed E-state index contributed by atoms with van der Waals surface area (Å²) in [4.78, 5) is 18.3. The maximum absolute atomic E-state index is 12.8. The van der Waals surface area contributed by atoms with Gasteiger partial charge in [-0.05, 0) is 30.5 Å². The van der Waals surface area contributed by atoms with Crippen LogP contribution in [0.5, 0.6) is 0 Å². The van der Waals surface area contributed by atoms with E-state index in [4.69, 9.17) is 16.1 Å². The lowest BCUT2D eigenvalue weighted by Crippen LogP contribution is -2.39. The molecule has 3 rings (SSSR count). The van der Waals surface area contributed by atoms with E-state index >= 15 is 0 Å². The number of sulfonamides is 1. The second-order valence-electron chi connectivity index (χ2n) is 6.71. The Balaban J connectivity index is 1.64. The highest BCUT2D eigenvalue weighted by atomic mass is 35.5. The Morgan fingerprint density at radius 1 is 1.25 bits per heavy atom. The van der Waals surface area contributed by atoms with Gasteiger partial charge in [0.25, 0.3) is 0 Å². The van der Waals surface area contributed by atoms with Crippen molar-refractivity contribution in [2.24, 2.45) is 0 Å². The van der Waals surface area contributed by atoms with Gasteiger partial charge in [-0.25, -0.2) is 12.7 Å². The zero-order chi connectivity index (χ0) is 20.0. The number of aromatic nitrogens is 2. The largest absolute Gasteiger partial charge is 0.360 e. The van der Waals surface area contributed by atoms with Crippen LogP contribution in [0.3, 0.4) is 0 Å². The zero-order valence-corrected chi connectivity index (χ0v) is 17.0. The minimum absolute atomic E-state index is 0.0854. The molecule has 0 radical (unpaired) electrons. The molecule has 28 heavy (non-hydrogen) atoms. The Morgan fingerprint density at radius 2 is 1.96 bits per heavy atom. The van der Waals surface area contributed by atoms with Gasteiger partial charge in [0, 0.05) is 57.5 Å². The summed E-state index contributed by atoms with van der Waals surface area (Å²) in [6.07, 6.45) is 5.60. The van der Waals surface area contributed by atoms with Crippen molar-refractivity contribution in [3.63, 3.8) is 0 Å². The third-order valence-corrected chi connectivity index (χ3v) is 6.70. The molecule has 1 aliphatic heterocycles. The SMILES string of the molecule is O=C(CCc1cc(Cl)no1)N(CCS(=O)(=O)N1CCCC1)Cc1ccncc1. The normalized spacial score (nSPS) is 15.0. The van der Waals surface area contributed by atoms with Crippen LogP contribution in [-0.4, -0.2) is 59.1 Å². The van der Waals surface area contributed by atoms with Crippen LogP contribution in [0.2, 0.25) is 5.15 Å². The van der Waals surface area contributed by atoms with Crippen molar-refractivity contribution in [1.29, 1.82) is 0 Å². The van der Waals surface area contributed by atoms with Gasteiger partial charge in [0.15, 0.2) is 5.15 Å². The lowest BCUT2D eigenvalue weighted by atomic mass is 10.2. The number of nitrogens with zero attached hydrogens (tertiary/aromatic N) is 4. The highest BCUT2D eigenvalue weighted by Crippen LogP contribution is 2.15. The highest BCUT2D eigenvalue weighted by Gasteiger charge is 2.26. The lowest BCUT2D eigenvalue weighted by molar-refractivity contribution is -0.131. The third kappa shape index (κ3) is 5.76. The van der Waals surface area contributed by atoms with Crippen LogP contribution >= 0.6 is 11.6 Å². The molecule has 1 aliphatic rings. The molecule has 0 atom stereocenters. The van der Waals surface area contributed by atoms with Gasteiger partial charge in [0.2, 0.25) is 15.9 Å². The molecule has 1 fully saturated rings. The average molecular weight is 427 g/mol. The second kappa shape index (κ2) is 9.49. The summed E-state index contributed by atoms with van der Waals surface area (Å²) in [7, 11) is -3.36. The second-order valence-corrected chi connectivity index (χ2v) is 9.18. The first-order valence-electron chi connectivity index (χ1n) is 9.19. The third-order valence-electron chi connectivity index (χ3n) is 4.67. The molecule has 0 saturated carbocycles. The molecule has 10 heteroatoms. The van der Waals surface area contributed by atoms with Gasteiger partial charge in [-0.3, -0.25) is 9.78 Å². The number of halogens is 1. The Kier molecular flexibility index (Phi) is 7.03. The van der Waals surface area contributed by atoms with Gasteiger partial charge in [-0.15, -0.1) is 0 Å². The van der Waals surface area contributed by atoms with Gasteiger partial charge in [0.05, 0.1) is 5.75 Å². The maximum Gasteiger partial charge on any atom is 0.223 e. The summed E-state index contributed by atoms with van der Waals surface area (Å²) in [5.41, 5.74) is 0.893. The Morgan fingerprint density at radius 3 is 2.61 bits per heavy atom. The monoisotopic (exact) mass is 426 g/mol. The van der Waals surface area contributed by atoms with E-state index in [1.165, 1.54) is 4.31 Å². The van der Waals surface area contributed by atoms with Gasteiger partial charge in [-0.2, -0.15) is 0 Å². The number of rotatable bonds is 9. The Hall–Kier alpha value is -1.97. The molecule has 2 aromatic rings. The molecule has 0 unspecified atom stereocenters. The van der Waals surface area contributed by atoms with Crippen LogP contribution in [0.4, 0.5) is 0 Å². The lowest BCUT2D eigenvalue weighted by Gasteiger charge is -2.24. The van der Waals surface area contributed by atoms with E-state index in [0.717, 1.165) is 18.4 Å². The number of carbonyl (C=O) groups excluding carboxylic acids is 1. The van der Waals surface area contributed by atoms with E-state index in [0.29, 0.717) is 31.8 Å². The van der Waals surface area contributed by atoms with Crippen LogP contribution in [0.15, 0.2) is 35.1 Å². The molecule has 2 aromatic heterocycles. The van der Waals surface area contributed by atoms with Crippen LogP contribution in [0.1, 0.15) is 30.6 Å². The molecule has 8 nitrogen and oxygen atoms in total. The minimum Gasteiger partial charge on any atom is -0.360 e.